The van der Waals surface area contributed by atoms with Gasteiger partial charge in [0.25, 0.3) is 11.5 Å². The van der Waals surface area contributed by atoms with E-state index in [1.165, 1.54) is 24.3 Å². The lowest BCUT2D eigenvalue weighted by molar-refractivity contribution is 0.0927. The van der Waals surface area contributed by atoms with Gasteiger partial charge >= 0.3 is 0 Å². The Morgan fingerprint density at radius 1 is 1.36 bits per heavy atom. The minimum atomic E-state index is -0.608. The Labute approximate surface area is 126 Å². The lowest BCUT2D eigenvalue weighted by atomic mass is 10.2. The van der Waals surface area contributed by atoms with Gasteiger partial charge in [0.2, 0.25) is 0 Å². The fourth-order valence-corrected chi connectivity index (χ4v) is 1.89. The zero-order valence-electron chi connectivity index (χ0n) is 12.0. The highest BCUT2D eigenvalue weighted by Gasteiger charge is 2.14. The summed E-state index contributed by atoms with van der Waals surface area (Å²) in [5.74, 6) is -1.10. The van der Waals surface area contributed by atoms with Crippen molar-refractivity contribution < 1.29 is 14.3 Å². The highest BCUT2D eigenvalue weighted by atomic mass is 19.1. The molecular formula is C15H16FN3O3. The molecule has 0 saturated heterocycles. The Kier molecular flexibility index (Phi) is 5.00. The first-order chi connectivity index (χ1) is 10.5. The molecule has 22 heavy (non-hydrogen) atoms. The molecule has 1 aromatic carbocycles. The number of amides is 1. The van der Waals surface area contributed by atoms with Crippen LogP contribution < -0.4 is 10.9 Å². The molecule has 0 radical (unpaired) electrons. The molecule has 0 fully saturated rings. The number of benzene rings is 1. The van der Waals surface area contributed by atoms with Crippen LogP contribution in [0.5, 0.6) is 0 Å². The minimum Gasteiger partial charge on any atom is -0.396 e. The second-order valence-corrected chi connectivity index (χ2v) is 4.81. The molecule has 2 rings (SSSR count). The number of aliphatic hydroxyl groups excluding tert-OH is 1. The van der Waals surface area contributed by atoms with Crippen molar-refractivity contribution in [1.29, 1.82) is 0 Å². The monoisotopic (exact) mass is 305 g/mol. The van der Waals surface area contributed by atoms with Crippen molar-refractivity contribution in [3.63, 3.8) is 0 Å². The molecule has 0 aliphatic rings. The van der Waals surface area contributed by atoms with E-state index >= 15 is 0 Å². The molecule has 1 atom stereocenters. The van der Waals surface area contributed by atoms with Crippen molar-refractivity contribution in [3.05, 3.63) is 58.3 Å². The van der Waals surface area contributed by atoms with E-state index in [9.17, 15) is 14.0 Å². The Morgan fingerprint density at radius 3 is 2.77 bits per heavy atom. The van der Waals surface area contributed by atoms with E-state index in [-0.39, 0.29) is 24.0 Å². The van der Waals surface area contributed by atoms with Crippen molar-refractivity contribution >= 4 is 5.91 Å². The van der Waals surface area contributed by atoms with Gasteiger partial charge in [0.05, 0.1) is 0 Å². The van der Waals surface area contributed by atoms with Gasteiger partial charge in [-0.15, -0.1) is 0 Å². The zero-order chi connectivity index (χ0) is 16.1. The van der Waals surface area contributed by atoms with Crippen LogP contribution in [-0.2, 0) is 0 Å². The summed E-state index contributed by atoms with van der Waals surface area (Å²) in [5.41, 5.74) is -0.566. The molecule has 6 nitrogen and oxygen atoms in total. The van der Waals surface area contributed by atoms with Crippen LogP contribution in [0.15, 0.2) is 41.2 Å². The number of halogens is 1. The second kappa shape index (κ2) is 6.95. The van der Waals surface area contributed by atoms with Crippen LogP contribution >= 0.6 is 0 Å². The molecule has 0 aliphatic carbocycles. The first-order valence-electron chi connectivity index (χ1n) is 6.80. The number of hydrogen-bond donors (Lipinski definition) is 2. The summed E-state index contributed by atoms with van der Waals surface area (Å²) in [4.78, 5) is 23.9. The summed E-state index contributed by atoms with van der Waals surface area (Å²) in [6.45, 7) is 1.69. The predicted molar refractivity (Wildman–Crippen MR) is 78.4 cm³/mol. The van der Waals surface area contributed by atoms with Crippen LogP contribution in [0.4, 0.5) is 4.39 Å². The van der Waals surface area contributed by atoms with Crippen molar-refractivity contribution in [2.75, 3.05) is 6.61 Å². The largest absolute Gasteiger partial charge is 0.396 e. The van der Waals surface area contributed by atoms with Crippen LogP contribution in [0, 0.1) is 5.82 Å². The number of nitrogens with one attached hydrogen (secondary N) is 1. The summed E-state index contributed by atoms with van der Waals surface area (Å²) >= 11 is 0. The average molecular weight is 305 g/mol. The van der Waals surface area contributed by atoms with E-state index in [4.69, 9.17) is 5.11 Å². The van der Waals surface area contributed by atoms with Crippen molar-refractivity contribution in [2.24, 2.45) is 0 Å². The van der Waals surface area contributed by atoms with E-state index in [1.807, 2.05) is 0 Å². The molecule has 0 saturated carbocycles. The Balaban J connectivity index is 2.33. The third-order valence-corrected chi connectivity index (χ3v) is 3.05. The normalized spacial score (nSPS) is 12.0. The van der Waals surface area contributed by atoms with Gasteiger partial charge in [-0.05, 0) is 31.5 Å². The number of carbonyl (C=O) groups is 1. The highest BCUT2D eigenvalue weighted by molar-refractivity contribution is 5.92. The van der Waals surface area contributed by atoms with Crippen molar-refractivity contribution in [3.8, 4) is 5.69 Å². The number of aliphatic hydroxyl groups is 1. The average Bonchev–Trinajstić information content (AvgIpc) is 2.48. The summed E-state index contributed by atoms with van der Waals surface area (Å²) < 4.78 is 14.6. The van der Waals surface area contributed by atoms with Gasteiger partial charge in [-0.1, -0.05) is 12.1 Å². The number of para-hydroxylation sites is 1. The number of hydrogen-bond acceptors (Lipinski definition) is 4. The number of rotatable bonds is 5. The molecule has 7 heteroatoms. The maximum atomic E-state index is 13.8. The smallest absolute Gasteiger partial charge is 0.271 e. The van der Waals surface area contributed by atoms with E-state index in [0.29, 0.717) is 6.42 Å². The first-order valence-corrected chi connectivity index (χ1v) is 6.80. The van der Waals surface area contributed by atoms with Gasteiger partial charge < -0.3 is 10.4 Å². The van der Waals surface area contributed by atoms with Crippen LogP contribution in [0.2, 0.25) is 0 Å². The quantitative estimate of drug-likeness (QED) is 0.858. The summed E-state index contributed by atoms with van der Waals surface area (Å²) in [7, 11) is 0. The molecule has 1 unspecified atom stereocenters. The fourth-order valence-electron chi connectivity index (χ4n) is 1.89. The van der Waals surface area contributed by atoms with Gasteiger partial charge in [-0.3, -0.25) is 9.59 Å². The molecule has 0 bridgehead atoms. The molecule has 116 valence electrons. The Hall–Kier alpha value is -2.54. The minimum absolute atomic E-state index is 0.00681. The lowest BCUT2D eigenvalue weighted by Crippen LogP contribution is -2.35. The van der Waals surface area contributed by atoms with Crippen LogP contribution in [-0.4, -0.2) is 33.4 Å². The van der Waals surface area contributed by atoms with E-state index in [2.05, 4.69) is 10.4 Å². The maximum Gasteiger partial charge on any atom is 0.271 e. The SMILES string of the molecule is CC(CCO)NC(=O)c1ccc(=O)n(-c2ccccc2F)n1. The lowest BCUT2D eigenvalue weighted by Gasteiger charge is -2.12. The molecule has 2 N–H and O–H groups in total. The van der Waals surface area contributed by atoms with Gasteiger partial charge in [-0.25, -0.2) is 4.39 Å². The van der Waals surface area contributed by atoms with Crippen LogP contribution in [0.1, 0.15) is 23.8 Å². The number of aromatic nitrogens is 2. The number of carbonyl (C=O) groups excluding carboxylic acids is 1. The van der Waals surface area contributed by atoms with E-state index < -0.39 is 17.3 Å². The Bertz CT molecular complexity index is 730. The molecule has 1 aromatic heterocycles. The third-order valence-electron chi connectivity index (χ3n) is 3.05. The fraction of sp³-hybridized carbons (Fsp3) is 0.267. The third kappa shape index (κ3) is 3.56. The van der Waals surface area contributed by atoms with E-state index in [1.54, 1.807) is 13.0 Å². The van der Waals surface area contributed by atoms with Crippen LogP contribution in [0.25, 0.3) is 5.69 Å². The first kappa shape index (κ1) is 15.8. The highest BCUT2D eigenvalue weighted by Crippen LogP contribution is 2.09. The van der Waals surface area contributed by atoms with Crippen molar-refractivity contribution in [1.82, 2.24) is 15.1 Å². The summed E-state index contributed by atoms with van der Waals surface area (Å²) in [6.07, 6.45) is 0.401. The van der Waals surface area contributed by atoms with Crippen molar-refractivity contribution in [2.45, 2.75) is 19.4 Å². The molecule has 0 spiro atoms. The topological polar surface area (TPSA) is 84.2 Å². The molecule has 0 aliphatic heterocycles. The van der Waals surface area contributed by atoms with E-state index in [0.717, 1.165) is 10.7 Å². The Morgan fingerprint density at radius 2 is 2.09 bits per heavy atom. The zero-order valence-corrected chi connectivity index (χ0v) is 12.0. The maximum absolute atomic E-state index is 13.8. The van der Waals surface area contributed by atoms with Gasteiger partial charge in [0, 0.05) is 18.7 Å². The van der Waals surface area contributed by atoms with Crippen LogP contribution in [0.3, 0.4) is 0 Å². The standard InChI is InChI=1S/C15H16FN3O3/c1-10(8-9-20)17-15(22)12-6-7-14(21)19(18-12)13-5-3-2-4-11(13)16/h2-7,10,20H,8-9H2,1H3,(H,17,22). The molecule has 1 amide bonds. The molecule has 2 aromatic rings. The van der Waals surface area contributed by atoms with Gasteiger partial charge in [0.1, 0.15) is 17.2 Å². The van der Waals surface area contributed by atoms with Gasteiger partial charge in [-0.2, -0.15) is 9.78 Å². The summed E-state index contributed by atoms with van der Waals surface area (Å²) in [6, 6.07) is 7.87. The summed E-state index contributed by atoms with van der Waals surface area (Å²) in [5, 5.41) is 15.4. The predicted octanol–water partition coefficient (Wildman–Crippen LogP) is 0.872. The number of nitrogens with zero attached hydrogens (tertiary/aromatic N) is 2. The molecular weight excluding hydrogens is 289 g/mol. The second-order valence-electron chi connectivity index (χ2n) is 4.81. The molecule has 1 heterocycles. The van der Waals surface area contributed by atoms with Gasteiger partial charge in [0.15, 0.2) is 0 Å².